The molecule has 0 aliphatic carbocycles. The van der Waals surface area contributed by atoms with Gasteiger partial charge in [-0.2, -0.15) is 0 Å². The number of benzene rings is 2. The first-order valence-corrected chi connectivity index (χ1v) is 12.2. The van der Waals surface area contributed by atoms with Crippen LogP contribution in [-0.2, 0) is 20.9 Å². The average molecular weight is 505 g/mol. The van der Waals surface area contributed by atoms with Gasteiger partial charge in [-0.05, 0) is 42.2 Å². The third-order valence-electron chi connectivity index (χ3n) is 7.13. The van der Waals surface area contributed by atoms with Crippen LogP contribution in [0.1, 0.15) is 40.5 Å². The lowest BCUT2D eigenvalue weighted by atomic mass is 9.95. The molecule has 2 aromatic carbocycles. The summed E-state index contributed by atoms with van der Waals surface area (Å²) in [6.07, 6.45) is 0.631. The fraction of sp³-hybridized carbons (Fsp3) is 0.333. The highest BCUT2D eigenvalue weighted by molar-refractivity contribution is 6.02. The Labute approximate surface area is 213 Å². The van der Waals surface area contributed by atoms with Crippen LogP contribution in [0.2, 0.25) is 0 Å². The van der Waals surface area contributed by atoms with Gasteiger partial charge in [0.15, 0.2) is 5.78 Å². The predicted molar refractivity (Wildman–Crippen MR) is 134 cm³/mol. The van der Waals surface area contributed by atoms with Gasteiger partial charge in [-0.15, -0.1) is 0 Å². The third-order valence-corrected chi connectivity index (χ3v) is 7.13. The Bertz CT molecular complexity index is 1380. The number of hydrogen-bond acceptors (Lipinski definition) is 6. The molecule has 5 rings (SSSR count). The van der Waals surface area contributed by atoms with Gasteiger partial charge >= 0.3 is 0 Å². The van der Waals surface area contributed by atoms with Crippen LogP contribution in [0.4, 0.5) is 0 Å². The third kappa shape index (κ3) is 4.55. The quantitative estimate of drug-likeness (QED) is 0.366. The minimum absolute atomic E-state index is 0.0844. The number of Topliss-reactive ketones (excluding diaryl/α,β-unsaturated/α-hetero) is 1. The molecule has 0 spiro atoms. The molecule has 1 fully saturated rings. The van der Waals surface area contributed by atoms with E-state index in [-0.39, 0.29) is 24.8 Å². The number of aromatic amines is 1. The van der Waals surface area contributed by atoms with E-state index in [1.807, 2.05) is 24.3 Å². The lowest BCUT2D eigenvalue weighted by Gasteiger charge is -2.27. The molecule has 10 nitrogen and oxygen atoms in total. The van der Waals surface area contributed by atoms with Crippen LogP contribution in [0.3, 0.4) is 0 Å². The number of hydrogen-bond donors (Lipinski definition) is 4. The number of aliphatic hydroxyl groups is 1. The van der Waals surface area contributed by atoms with Gasteiger partial charge in [0.25, 0.3) is 5.91 Å². The highest BCUT2D eigenvalue weighted by Gasteiger charge is 2.41. The van der Waals surface area contributed by atoms with Crippen molar-refractivity contribution in [2.24, 2.45) is 5.92 Å². The lowest BCUT2D eigenvalue weighted by Crippen LogP contribution is -2.48. The van der Waals surface area contributed by atoms with Crippen molar-refractivity contribution in [2.45, 2.75) is 31.5 Å². The largest absolute Gasteiger partial charge is 0.496 e. The van der Waals surface area contributed by atoms with E-state index in [0.29, 0.717) is 30.0 Å². The highest BCUT2D eigenvalue weighted by Crippen LogP contribution is 2.36. The summed E-state index contributed by atoms with van der Waals surface area (Å²) < 4.78 is 5.41. The van der Waals surface area contributed by atoms with Crippen LogP contribution >= 0.6 is 0 Å². The van der Waals surface area contributed by atoms with Crippen molar-refractivity contribution in [3.05, 3.63) is 65.4 Å². The second-order valence-corrected chi connectivity index (χ2v) is 9.34. The van der Waals surface area contributed by atoms with Crippen molar-refractivity contribution in [1.29, 1.82) is 0 Å². The van der Waals surface area contributed by atoms with E-state index in [4.69, 9.17) is 4.74 Å². The molecule has 0 bridgehead atoms. The van der Waals surface area contributed by atoms with E-state index in [1.165, 1.54) is 4.90 Å². The average Bonchev–Trinajstić information content (AvgIpc) is 3.63. The topological polar surface area (TPSA) is 141 Å². The van der Waals surface area contributed by atoms with Crippen molar-refractivity contribution >= 4 is 34.4 Å². The van der Waals surface area contributed by atoms with Gasteiger partial charge in [-0.1, -0.05) is 30.3 Å². The van der Waals surface area contributed by atoms with E-state index < -0.39 is 36.3 Å². The number of H-pyrrole nitrogens is 1. The number of methoxy groups -OCH3 is 1. The van der Waals surface area contributed by atoms with Gasteiger partial charge in [0.2, 0.25) is 11.8 Å². The Hall–Kier alpha value is -4.18. The number of nitrogens with zero attached hydrogens (tertiary/aromatic N) is 1. The van der Waals surface area contributed by atoms with Gasteiger partial charge in [-0.25, -0.2) is 0 Å². The Morgan fingerprint density at radius 3 is 2.73 bits per heavy atom. The van der Waals surface area contributed by atoms with Crippen molar-refractivity contribution < 1.29 is 29.0 Å². The van der Waals surface area contributed by atoms with Gasteiger partial charge in [0, 0.05) is 29.9 Å². The minimum atomic E-state index is -1.05. The maximum Gasteiger partial charge on any atom is 0.271 e. The lowest BCUT2D eigenvalue weighted by molar-refractivity contribution is -0.132. The molecule has 0 radical (unpaired) electrons. The Balaban J connectivity index is 1.44. The molecule has 1 aromatic heterocycles. The minimum Gasteiger partial charge on any atom is -0.496 e. The van der Waals surface area contributed by atoms with Crippen LogP contribution in [0, 0.1) is 5.92 Å². The van der Waals surface area contributed by atoms with E-state index in [2.05, 4.69) is 15.6 Å². The van der Waals surface area contributed by atoms with Crippen LogP contribution in [0.5, 0.6) is 5.75 Å². The molecule has 37 heavy (non-hydrogen) atoms. The van der Waals surface area contributed by atoms with Gasteiger partial charge in [0.1, 0.15) is 24.1 Å². The number of ether oxygens (including phenoxy) is 1. The molecule has 3 amide bonds. The molecule has 3 heterocycles. The number of rotatable bonds is 8. The van der Waals surface area contributed by atoms with Crippen molar-refractivity contribution in [1.82, 2.24) is 20.5 Å². The molecule has 0 saturated carbocycles. The standard InChI is InChI=1S/C27H28N4O6/c1-37-23-8-4-7-19-18(23)12-21(29-19)27(36)31-13-16-5-2-3-6-17(16)24(31)26(35)30-20(22(33)14-32)11-15-9-10-28-25(15)34/h2-8,12,15,20,24,29,32H,9-11,13-14H2,1H3,(H,28,34)(H,30,35)/t15-,20?,24-/m0/s1. The van der Waals surface area contributed by atoms with E-state index >= 15 is 0 Å². The molecule has 192 valence electrons. The maximum absolute atomic E-state index is 13.7. The molecule has 1 unspecified atom stereocenters. The molecular weight excluding hydrogens is 476 g/mol. The van der Waals surface area contributed by atoms with Crippen molar-refractivity contribution in [3.8, 4) is 5.75 Å². The SMILES string of the molecule is COc1cccc2[nH]c(C(=O)N3Cc4ccccc4[C@H]3C(=O)NC(C[C@@H]3CCNC3=O)C(=O)CO)cc12. The number of carbonyl (C=O) groups is 4. The molecular formula is C27H28N4O6. The molecule has 1 saturated heterocycles. The normalized spacial score (nSPS) is 19.4. The van der Waals surface area contributed by atoms with Crippen LogP contribution in [-0.4, -0.2) is 64.8 Å². The fourth-order valence-electron chi connectivity index (χ4n) is 5.22. The summed E-state index contributed by atoms with van der Waals surface area (Å²) in [7, 11) is 1.56. The second-order valence-electron chi connectivity index (χ2n) is 9.34. The summed E-state index contributed by atoms with van der Waals surface area (Å²) in [5.74, 6) is -1.50. The Morgan fingerprint density at radius 1 is 1.19 bits per heavy atom. The molecule has 4 N–H and O–H groups in total. The number of amides is 3. The van der Waals surface area contributed by atoms with Crippen molar-refractivity contribution in [3.63, 3.8) is 0 Å². The molecule has 3 aromatic rings. The summed E-state index contributed by atoms with van der Waals surface area (Å²) >= 11 is 0. The maximum atomic E-state index is 13.7. The zero-order valence-electron chi connectivity index (χ0n) is 20.3. The second kappa shape index (κ2) is 10.1. The summed E-state index contributed by atoms with van der Waals surface area (Å²) in [6.45, 7) is -0.0473. The zero-order chi connectivity index (χ0) is 26.1. The fourth-order valence-corrected chi connectivity index (χ4v) is 5.22. The molecule has 3 atom stereocenters. The first-order chi connectivity index (χ1) is 17.9. The summed E-state index contributed by atoms with van der Waals surface area (Å²) in [4.78, 5) is 56.5. The number of nitrogens with one attached hydrogen (secondary N) is 3. The Kier molecular flexibility index (Phi) is 6.66. The number of aliphatic hydroxyl groups excluding tert-OH is 1. The smallest absolute Gasteiger partial charge is 0.271 e. The van der Waals surface area contributed by atoms with Crippen LogP contribution in [0.15, 0.2) is 48.5 Å². The van der Waals surface area contributed by atoms with Crippen LogP contribution in [0.25, 0.3) is 10.9 Å². The number of ketones is 1. The van der Waals surface area contributed by atoms with Gasteiger partial charge in [0.05, 0.1) is 13.2 Å². The van der Waals surface area contributed by atoms with E-state index in [1.54, 1.807) is 31.4 Å². The molecule has 10 heteroatoms. The summed E-state index contributed by atoms with van der Waals surface area (Å²) in [6, 6.07) is 12.4. The molecule has 2 aliphatic rings. The predicted octanol–water partition coefficient (Wildman–Crippen LogP) is 1.45. The monoisotopic (exact) mass is 504 g/mol. The zero-order valence-corrected chi connectivity index (χ0v) is 20.3. The van der Waals surface area contributed by atoms with Crippen LogP contribution < -0.4 is 15.4 Å². The first kappa shape index (κ1) is 24.5. The Morgan fingerprint density at radius 2 is 2.00 bits per heavy atom. The van der Waals surface area contributed by atoms with Gasteiger partial charge in [-0.3, -0.25) is 19.2 Å². The first-order valence-electron chi connectivity index (χ1n) is 12.2. The summed E-state index contributed by atoms with van der Waals surface area (Å²) in [5.41, 5.74) is 2.51. The molecule has 2 aliphatic heterocycles. The number of fused-ring (bicyclic) bond motifs is 2. The number of carbonyl (C=O) groups excluding carboxylic acids is 4. The number of aromatic nitrogens is 1. The highest BCUT2D eigenvalue weighted by atomic mass is 16.5. The van der Waals surface area contributed by atoms with E-state index in [9.17, 15) is 24.3 Å². The summed E-state index contributed by atoms with van der Waals surface area (Å²) in [5, 5.41) is 15.7. The van der Waals surface area contributed by atoms with E-state index in [0.717, 1.165) is 16.5 Å². The van der Waals surface area contributed by atoms with Gasteiger partial charge < -0.3 is 30.4 Å². The van der Waals surface area contributed by atoms with Crippen molar-refractivity contribution in [2.75, 3.05) is 20.3 Å².